The molecule has 0 bridgehead atoms. The number of cyclic esters (lactones) is 1. The number of ether oxygens (including phenoxy) is 3. The van der Waals surface area contributed by atoms with E-state index in [1.165, 1.54) is 26.4 Å². The lowest BCUT2D eigenvalue weighted by Gasteiger charge is -2.19. The third-order valence-corrected chi connectivity index (χ3v) is 2.74. The second kappa shape index (κ2) is 5.10. The van der Waals surface area contributed by atoms with Gasteiger partial charge in [-0.2, -0.15) is 0 Å². The van der Waals surface area contributed by atoms with Gasteiger partial charge in [0.1, 0.15) is 17.6 Å². The van der Waals surface area contributed by atoms with Crippen LogP contribution in [0.25, 0.3) is 0 Å². The molecule has 0 amide bonds. The zero-order valence-corrected chi connectivity index (χ0v) is 10.1. The summed E-state index contributed by atoms with van der Waals surface area (Å²) >= 11 is 0. The molecule has 1 aromatic rings. The number of hydrogen-bond donors (Lipinski definition) is 1. The quantitative estimate of drug-likeness (QED) is 0.814. The summed E-state index contributed by atoms with van der Waals surface area (Å²) in [6.07, 6.45) is 1.13. The Morgan fingerprint density at radius 1 is 1.33 bits per heavy atom. The largest absolute Gasteiger partial charge is 0.497 e. The maximum Gasteiger partial charge on any atom is 0.331 e. The molecule has 1 heterocycles. The Kier molecular flexibility index (Phi) is 3.53. The number of esters is 1. The molecular formula is C13H14O5. The maximum atomic E-state index is 11.0. The zero-order chi connectivity index (χ0) is 13.1. The van der Waals surface area contributed by atoms with Crippen molar-refractivity contribution in [3.8, 4) is 11.5 Å². The number of hydrogen-bond acceptors (Lipinski definition) is 5. The van der Waals surface area contributed by atoms with Gasteiger partial charge in [0.25, 0.3) is 0 Å². The summed E-state index contributed by atoms with van der Waals surface area (Å²) in [6, 6.07) is 5.08. The molecule has 1 aliphatic heterocycles. The molecule has 0 saturated heterocycles. The van der Waals surface area contributed by atoms with Crippen LogP contribution in [0.1, 0.15) is 11.7 Å². The first-order valence-electron chi connectivity index (χ1n) is 5.44. The van der Waals surface area contributed by atoms with Crippen LogP contribution in [0.2, 0.25) is 0 Å². The summed E-state index contributed by atoms with van der Waals surface area (Å²) in [5.74, 6) is 0.652. The Bertz CT molecular complexity index is 480. The van der Waals surface area contributed by atoms with E-state index in [-0.39, 0.29) is 0 Å². The molecule has 0 radical (unpaired) electrons. The number of carbonyl (C=O) groups excluding carboxylic acids is 1. The summed E-state index contributed by atoms with van der Waals surface area (Å²) < 4.78 is 15.2. The van der Waals surface area contributed by atoms with Crippen LogP contribution >= 0.6 is 0 Å². The van der Waals surface area contributed by atoms with Crippen LogP contribution < -0.4 is 9.47 Å². The summed E-state index contributed by atoms with van der Waals surface area (Å²) in [4.78, 5) is 11.0. The molecule has 1 N–H and O–H groups in total. The molecule has 1 aliphatic rings. The molecule has 2 atom stereocenters. The van der Waals surface area contributed by atoms with E-state index >= 15 is 0 Å². The minimum Gasteiger partial charge on any atom is -0.497 e. The Morgan fingerprint density at radius 2 is 2.11 bits per heavy atom. The topological polar surface area (TPSA) is 65.0 Å². The van der Waals surface area contributed by atoms with E-state index in [1.807, 2.05) is 0 Å². The highest BCUT2D eigenvalue weighted by Gasteiger charge is 2.28. The van der Waals surface area contributed by atoms with Gasteiger partial charge < -0.3 is 19.3 Å². The molecule has 0 fully saturated rings. The van der Waals surface area contributed by atoms with Crippen molar-refractivity contribution in [2.75, 3.05) is 14.2 Å². The van der Waals surface area contributed by atoms with E-state index in [1.54, 1.807) is 18.2 Å². The molecule has 5 nitrogen and oxygen atoms in total. The lowest BCUT2D eigenvalue weighted by molar-refractivity contribution is -0.142. The first-order valence-corrected chi connectivity index (χ1v) is 5.44. The Morgan fingerprint density at radius 3 is 2.67 bits per heavy atom. The van der Waals surface area contributed by atoms with Gasteiger partial charge >= 0.3 is 5.97 Å². The van der Waals surface area contributed by atoms with Crippen molar-refractivity contribution in [3.63, 3.8) is 0 Å². The molecule has 0 aromatic heterocycles. The van der Waals surface area contributed by atoms with Gasteiger partial charge in [-0.15, -0.1) is 0 Å². The van der Waals surface area contributed by atoms with E-state index in [4.69, 9.17) is 14.2 Å². The summed E-state index contributed by atoms with van der Waals surface area (Å²) in [5, 5.41) is 10.2. The molecule has 0 aliphatic carbocycles. The molecule has 18 heavy (non-hydrogen) atoms. The van der Waals surface area contributed by atoms with Crippen LogP contribution in [0.15, 0.2) is 30.4 Å². The van der Waals surface area contributed by atoms with Crippen LogP contribution in [0, 0.1) is 0 Å². The number of benzene rings is 1. The number of aliphatic hydroxyl groups excluding tert-OH is 1. The van der Waals surface area contributed by atoms with Crippen molar-refractivity contribution in [1.29, 1.82) is 0 Å². The van der Waals surface area contributed by atoms with Gasteiger partial charge in [-0.3, -0.25) is 0 Å². The van der Waals surface area contributed by atoms with Gasteiger partial charge in [0.2, 0.25) is 0 Å². The predicted octanol–water partition coefficient (Wildman–Crippen LogP) is 1.22. The van der Waals surface area contributed by atoms with Crippen molar-refractivity contribution in [2.45, 2.75) is 12.2 Å². The summed E-state index contributed by atoms with van der Waals surface area (Å²) in [7, 11) is 3.04. The third-order valence-electron chi connectivity index (χ3n) is 2.74. The number of methoxy groups -OCH3 is 2. The Hall–Kier alpha value is -2.01. The second-order valence-electron chi connectivity index (χ2n) is 3.81. The Balaban J connectivity index is 2.30. The van der Waals surface area contributed by atoms with Crippen LogP contribution in [0.5, 0.6) is 11.5 Å². The fraction of sp³-hybridized carbons (Fsp3) is 0.308. The average molecular weight is 250 g/mol. The molecule has 2 unspecified atom stereocenters. The van der Waals surface area contributed by atoms with Crippen LogP contribution in [-0.4, -0.2) is 31.4 Å². The average Bonchev–Trinajstić information content (AvgIpc) is 2.83. The van der Waals surface area contributed by atoms with Gasteiger partial charge in [0, 0.05) is 11.6 Å². The van der Waals surface area contributed by atoms with E-state index in [0.29, 0.717) is 17.1 Å². The molecule has 1 aromatic carbocycles. The molecular weight excluding hydrogens is 236 g/mol. The standard InChI is InChI=1S/C13H14O5/c1-16-8-3-4-10(17-2)9(7-8)13(15)11-5-6-12(14)18-11/h3-7,11,13,15H,1-2H3. The Labute approximate surface area is 105 Å². The van der Waals surface area contributed by atoms with Crippen molar-refractivity contribution < 1.29 is 24.1 Å². The zero-order valence-electron chi connectivity index (χ0n) is 10.1. The van der Waals surface area contributed by atoms with E-state index in [0.717, 1.165) is 0 Å². The molecule has 96 valence electrons. The lowest BCUT2D eigenvalue weighted by Crippen LogP contribution is -2.18. The molecule has 0 spiro atoms. The van der Waals surface area contributed by atoms with Crippen LogP contribution in [-0.2, 0) is 9.53 Å². The SMILES string of the molecule is COc1ccc(OC)c(C(O)C2C=CC(=O)O2)c1. The van der Waals surface area contributed by atoms with Crippen molar-refractivity contribution >= 4 is 5.97 Å². The monoisotopic (exact) mass is 250 g/mol. The van der Waals surface area contributed by atoms with Crippen LogP contribution in [0.4, 0.5) is 0 Å². The van der Waals surface area contributed by atoms with Gasteiger partial charge in [0.15, 0.2) is 6.10 Å². The van der Waals surface area contributed by atoms with Gasteiger partial charge in [-0.25, -0.2) is 4.79 Å². The van der Waals surface area contributed by atoms with E-state index in [2.05, 4.69) is 0 Å². The molecule has 0 saturated carbocycles. The van der Waals surface area contributed by atoms with Gasteiger partial charge in [-0.05, 0) is 24.3 Å². The summed E-state index contributed by atoms with van der Waals surface area (Å²) in [6.45, 7) is 0. The first kappa shape index (κ1) is 12.4. The third kappa shape index (κ3) is 2.31. The minimum atomic E-state index is -0.988. The number of rotatable bonds is 4. The van der Waals surface area contributed by atoms with E-state index < -0.39 is 18.2 Å². The van der Waals surface area contributed by atoms with Crippen molar-refractivity contribution in [2.24, 2.45) is 0 Å². The van der Waals surface area contributed by atoms with Crippen LogP contribution in [0.3, 0.4) is 0 Å². The van der Waals surface area contributed by atoms with Gasteiger partial charge in [0.05, 0.1) is 14.2 Å². The predicted molar refractivity (Wildman–Crippen MR) is 63.5 cm³/mol. The fourth-order valence-corrected chi connectivity index (χ4v) is 1.80. The van der Waals surface area contributed by atoms with Crippen molar-refractivity contribution in [3.05, 3.63) is 35.9 Å². The lowest BCUT2D eigenvalue weighted by atomic mass is 10.0. The second-order valence-corrected chi connectivity index (χ2v) is 3.81. The van der Waals surface area contributed by atoms with Gasteiger partial charge in [-0.1, -0.05) is 0 Å². The highest BCUT2D eigenvalue weighted by molar-refractivity contribution is 5.84. The molecule has 5 heteroatoms. The number of aliphatic hydroxyl groups is 1. The highest BCUT2D eigenvalue weighted by atomic mass is 16.6. The smallest absolute Gasteiger partial charge is 0.331 e. The van der Waals surface area contributed by atoms with E-state index in [9.17, 15) is 9.90 Å². The first-order chi connectivity index (χ1) is 8.65. The number of carbonyl (C=O) groups is 1. The molecule has 2 rings (SSSR count). The normalized spacial score (nSPS) is 19.5. The summed E-state index contributed by atoms with van der Waals surface area (Å²) in [5.41, 5.74) is 0.515. The van der Waals surface area contributed by atoms with Crippen molar-refractivity contribution in [1.82, 2.24) is 0 Å². The fourth-order valence-electron chi connectivity index (χ4n) is 1.80. The highest BCUT2D eigenvalue weighted by Crippen LogP contribution is 2.33. The maximum absolute atomic E-state index is 11.0. The minimum absolute atomic E-state index is 0.457.